The molecule has 0 saturated heterocycles. The van der Waals surface area contributed by atoms with Crippen LogP contribution in [0.5, 0.6) is 0 Å². The van der Waals surface area contributed by atoms with Gasteiger partial charge in [0.1, 0.15) is 6.29 Å². The number of hydrogen-bond acceptors (Lipinski definition) is 2. The Kier molecular flexibility index (Phi) is 4.27. The number of hydrogen-bond donors (Lipinski definition) is 0. The zero-order valence-electron chi connectivity index (χ0n) is 13.2. The Hall–Kier alpha value is -0.153. The lowest BCUT2D eigenvalue weighted by Crippen LogP contribution is -2.46. The van der Waals surface area contributed by atoms with Gasteiger partial charge in [-0.25, -0.2) is 0 Å². The molecule has 0 radical (unpaired) electrons. The number of carbonyl (C=O) groups is 1. The van der Waals surface area contributed by atoms with Crippen LogP contribution in [0.1, 0.15) is 46.0 Å². The highest BCUT2D eigenvalue weighted by Gasteiger charge is 2.53. The molecular formula is C16H30O2Si. The molecule has 2 saturated carbocycles. The minimum Gasteiger partial charge on any atom is -0.414 e. The van der Waals surface area contributed by atoms with Crippen LogP contribution in [0.25, 0.3) is 0 Å². The standard InChI is InChI=1S/C16H30O2Si/c1-12(11-17)13-8-9-14-15(18-19(3,4)5)7-6-10-16(13,14)2/h11-15H,6-10H2,1-5H3/t12-,13+,14?,15?,16+/m0/s1. The largest absolute Gasteiger partial charge is 0.414 e. The Balaban J connectivity index is 2.16. The third-order valence-electron chi connectivity index (χ3n) is 5.49. The van der Waals surface area contributed by atoms with E-state index in [1.54, 1.807) is 0 Å². The Labute approximate surface area is 119 Å². The number of rotatable bonds is 4. The molecular weight excluding hydrogens is 252 g/mol. The van der Waals surface area contributed by atoms with Crippen molar-refractivity contribution in [3.63, 3.8) is 0 Å². The van der Waals surface area contributed by atoms with Crippen LogP contribution in [0.4, 0.5) is 0 Å². The summed E-state index contributed by atoms with van der Waals surface area (Å²) in [6.45, 7) is 11.4. The molecule has 0 spiro atoms. The first-order chi connectivity index (χ1) is 8.78. The minimum absolute atomic E-state index is 0.209. The minimum atomic E-state index is -1.46. The van der Waals surface area contributed by atoms with E-state index in [1.165, 1.54) is 38.4 Å². The molecule has 0 heterocycles. The van der Waals surface area contributed by atoms with E-state index in [9.17, 15) is 4.79 Å². The highest BCUT2D eigenvalue weighted by Crippen LogP contribution is 2.58. The Bertz CT molecular complexity index is 336. The van der Waals surface area contributed by atoms with Gasteiger partial charge in [0, 0.05) is 12.0 Å². The SMILES string of the molecule is C[C@@H](C=O)[C@H]1CCC2C(O[Si](C)(C)C)CCC[C@@]21C. The molecule has 0 N–H and O–H groups in total. The fourth-order valence-corrected chi connectivity index (χ4v) is 5.90. The molecule has 0 bridgehead atoms. The molecule has 19 heavy (non-hydrogen) atoms. The Morgan fingerprint density at radius 2 is 1.95 bits per heavy atom. The second-order valence-corrected chi connectivity index (χ2v) is 12.4. The molecule has 5 atom stereocenters. The van der Waals surface area contributed by atoms with Gasteiger partial charge in [0.05, 0.1) is 0 Å². The van der Waals surface area contributed by atoms with Crippen molar-refractivity contribution >= 4 is 14.6 Å². The first-order valence-electron chi connectivity index (χ1n) is 7.91. The molecule has 2 aliphatic rings. The molecule has 110 valence electrons. The number of carbonyl (C=O) groups excluding carboxylic acids is 1. The first-order valence-corrected chi connectivity index (χ1v) is 11.3. The van der Waals surface area contributed by atoms with Gasteiger partial charge in [-0.2, -0.15) is 0 Å². The first kappa shape index (κ1) is 15.2. The summed E-state index contributed by atoms with van der Waals surface area (Å²) in [5.41, 5.74) is 0.336. The van der Waals surface area contributed by atoms with Gasteiger partial charge in [-0.15, -0.1) is 0 Å². The fraction of sp³-hybridized carbons (Fsp3) is 0.938. The highest BCUT2D eigenvalue weighted by molar-refractivity contribution is 6.69. The monoisotopic (exact) mass is 282 g/mol. The third kappa shape index (κ3) is 2.97. The van der Waals surface area contributed by atoms with Gasteiger partial charge in [-0.1, -0.05) is 20.3 Å². The van der Waals surface area contributed by atoms with Crippen molar-refractivity contribution in [3.8, 4) is 0 Å². The van der Waals surface area contributed by atoms with Crippen LogP contribution < -0.4 is 0 Å². The average Bonchev–Trinajstić information content (AvgIpc) is 2.64. The van der Waals surface area contributed by atoms with Crippen molar-refractivity contribution in [1.82, 2.24) is 0 Å². The second kappa shape index (κ2) is 5.32. The quantitative estimate of drug-likeness (QED) is 0.569. The summed E-state index contributed by atoms with van der Waals surface area (Å²) >= 11 is 0. The van der Waals surface area contributed by atoms with Crippen LogP contribution in [0.3, 0.4) is 0 Å². The smallest absolute Gasteiger partial charge is 0.184 e. The van der Waals surface area contributed by atoms with Gasteiger partial charge in [-0.05, 0) is 62.6 Å². The molecule has 0 aromatic heterocycles. The van der Waals surface area contributed by atoms with E-state index >= 15 is 0 Å². The lowest BCUT2D eigenvalue weighted by molar-refractivity contribution is -0.114. The van der Waals surface area contributed by atoms with Crippen molar-refractivity contribution in [2.24, 2.45) is 23.2 Å². The van der Waals surface area contributed by atoms with E-state index in [1.807, 2.05) is 0 Å². The van der Waals surface area contributed by atoms with Crippen molar-refractivity contribution < 1.29 is 9.22 Å². The van der Waals surface area contributed by atoms with Crippen LogP contribution in [0.15, 0.2) is 0 Å². The van der Waals surface area contributed by atoms with Crippen molar-refractivity contribution in [3.05, 3.63) is 0 Å². The van der Waals surface area contributed by atoms with E-state index in [-0.39, 0.29) is 5.92 Å². The van der Waals surface area contributed by atoms with Crippen molar-refractivity contribution in [2.75, 3.05) is 0 Å². The summed E-state index contributed by atoms with van der Waals surface area (Å²) in [6, 6.07) is 0. The van der Waals surface area contributed by atoms with Crippen LogP contribution in [0, 0.1) is 23.2 Å². The predicted molar refractivity (Wildman–Crippen MR) is 81.6 cm³/mol. The maximum absolute atomic E-state index is 11.2. The lowest BCUT2D eigenvalue weighted by Gasteiger charge is -2.47. The summed E-state index contributed by atoms with van der Waals surface area (Å²) in [7, 11) is -1.46. The van der Waals surface area contributed by atoms with Crippen LogP contribution in [-0.2, 0) is 9.22 Å². The molecule has 2 fully saturated rings. The molecule has 0 aliphatic heterocycles. The molecule has 2 rings (SSSR count). The maximum atomic E-state index is 11.2. The van der Waals surface area contributed by atoms with Crippen LogP contribution in [0.2, 0.25) is 19.6 Å². The highest BCUT2D eigenvalue weighted by atomic mass is 28.4. The fourth-order valence-electron chi connectivity index (χ4n) is 4.71. The van der Waals surface area contributed by atoms with Crippen molar-refractivity contribution in [1.29, 1.82) is 0 Å². The summed E-state index contributed by atoms with van der Waals surface area (Å²) < 4.78 is 6.47. The van der Waals surface area contributed by atoms with E-state index in [0.717, 1.165) is 0 Å². The Morgan fingerprint density at radius 3 is 2.53 bits per heavy atom. The predicted octanol–water partition coefficient (Wildman–Crippen LogP) is 4.26. The van der Waals surface area contributed by atoms with Gasteiger partial charge < -0.3 is 9.22 Å². The average molecular weight is 282 g/mol. The number of aldehydes is 1. The summed E-state index contributed by atoms with van der Waals surface area (Å²) in [5, 5.41) is 0. The van der Waals surface area contributed by atoms with Gasteiger partial charge in [0.15, 0.2) is 8.32 Å². The van der Waals surface area contributed by atoms with E-state index in [4.69, 9.17) is 4.43 Å². The summed E-state index contributed by atoms with van der Waals surface area (Å²) in [5.74, 6) is 1.46. The van der Waals surface area contributed by atoms with Crippen molar-refractivity contribution in [2.45, 2.75) is 71.7 Å². The molecule has 2 unspecified atom stereocenters. The van der Waals surface area contributed by atoms with Gasteiger partial charge in [0.2, 0.25) is 0 Å². The molecule has 2 aliphatic carbocycles. The Morgan fingerprint density at radius 1 is 1.26 bits per heavy atom. The molecule has 3 heteroatoms. The zero-order chi connectivity index (χ0) is 14.3. The van der Waals surface area contributed by atoms with E-state index < -0.39 is 8.32 Å². The molecule has 2 nitrogen and oxygen atoms in total. The lowest BCUT2D eigenvalue weighted by atomic mass is 9.62. The normalized spacial score (nSPS) is 40.8. The van der Waals surface area contributed by atoms with E-state index in [2.05, 4.69) is 33.5 Å². The summed E-state index contributed by atoms with van der Waals surface area (Å²) in [4.78, 5) is 11.2. The van der Waals surface area contributed by atoms with E-state index in [0.29, 0.717) is 23.4 Å². The third-order valence-corrected chi connectivity index (χ3v) is 6.50. The van der Waals surface area contributed by atoms with Crippen LogP contribution >= 0.6 is 0 Å². The molecule has 0 aromatic rings. The number of fused-ring (bicyclic) bond motifs is 1. The van der Waals surface area contributed by atoms with Gasteiger partial charge in [0.25, 0.3) is 0 Å². The molecule has 0 aromatic carbocycles. The van der Waals surface area contributed by atoms with Gasteiger partial charge in [-0.3, -0.25) is 0 Å². The second-order valence-electron chi connectivity index (χ2n) is 7.95. The molecule has 0 amide bonds. The van der Waals surface area contributed by atoms with Gasteiger partial charge >= 0.3 is 0 Å². The topological polar surface area (TPSA) is 26.3 Å². The van der Waals surface area contributed by atoms with Crippen LogP contribution in [-0.4, -0.2) is 20.7 Å². The zero-order valence-corrected chi connectivity index (χ0v) is 14.2. The summed E-state index contributed by atoms with van der Waals surface area (Å²) in [6.07, 6.45) is 7.88. The maximum Gasteiger partial charge on any atom is 0.184 e.